The Balaban J connectivity index is 2.85. The average molecular weight is 318 g/mol. The highest BCUT2D eigenvalue weighted by Crippen LogP contribution is 2.25. The Labute approximate surface area is 114 Å². The molecule has 1 atom stereocenters. The van der Waals surface area contributed by atoms with Gasteiger partial charge in [0.05, 0.1) is 17.8 Å². The molecular weight excluding hydrogens is 302 g/mol. The minimum absolute atomic E-state index is 0.337. The molecule has 0 aliphatic carbocycles. The second kappa shape index (κ2) is 5.89. The highest BCUT2D eigenvalue weighted by Gasteiger charge is 2.25. The summed E-state index contributed by atoms with van der Waals surface area (Å²) in [5, 5.41) is 0. The van der Waals surface area contributed by atoms with E-state index in [1.807, 2.05) is 39.0 Å². The Morgan fingerprint density at radius 3 is 2.59 bits per heavy atom. The summed E-state index contributed by atoms with van der Waals surface area (Å²) >= 11 is 2.14. The fourth-order valence-corrected chi connectivity index (χ4v) is 1.97. The summed E-state index contributed by atoms with van der Waals surface area (Å²) in [5.41, 5.74) is 0.864. The molecule has 1 aromatic carbocycles. The highest BCUT2D eigenvalue weighted by molar-refractivity contribution is 9.10. The molecule has 0 heterocycles. The number of nitrogens with zero attached hydrogens (tertiary/aromatic N) is 1. The van der Waals surface area contributed by atoms with Crippen molar-refractivity contribution in [1.82, 2.24) is 0 Å². The fraction of sp³-hybridized carbons (Fsp3) is 0.417. The maximum atomic E-state index is 11.7. The van der Waals surface area contributed by atoms with Crippen molar-refractivity contribution in [2.45, 2.75) is 25.5 Å². The first-order valence-corrected chi connectivity index (χ1v) is 7.04. The molecule has 1 aromatic rings. The van der Waals surface area contributed by atoms with E-state index in [0.29, 0.717) is 0 Å². The Hall–Kier alpha value is -0.520. The zero-order valence-corrected chi connectivity index (χ0v) is 12.8. The molecule has 0 spiro atoms. The van der Waals surface area contributed by atoms with Gasteiger partial charge >= 0.3 is 0 Å². The molecule has 3 nitrogen and oxygen atoms in total. The van der Waals surface area contributed by atoms with Gasteiger partial charge in [-0.1, -0.05) is 10.5 Å². The molecule has 1 rings (SSSR count). The predicted octanol–water partition coefficient (Wildman–Crippen LogP) is 3.34. The zero-order chi connectivity index (χ0) is 13.1. The van der Waals surface area contributed by atoms with Crippen molar-refractivity contribution in [2.75, 3.05) is 7.11 Å². The van der Waals surface area contributed by atoms with Crippen molar-refractivity contribution in [3.8, 4) is 5.75 Å². The Morgan fingerprint density at radius 2 is 2.06 bits per heavy atom. The van der Waals surface area contributed by atoms with E-state index in [2.05, 4.69) is 20.3 Å². The molecule has 1 unspecified atom stereocenters. The normalized spacial score (nSPS) is 14.0. The van der Waals surface area contributed by atoms with Crippen molar-refractivity contribution >= 4 is 33.5 Å². The summed E-state index contributed by atoms with van der Waals surface area (Å²) in [5.74, 6) is 0.732. The van der Waals surface area contributed by atoms with Gasteiger partial charge in [0.15, 0.2) is 0 Å². The molecule has 0 radical (unpaired) electrons. The van der Waals surface area contributed by atoms with E-state index in [1.54, 1.807) is 13.3 Å². The van der Waals surface area contributed by atoms with E-state index in [0.717, 1.165) is 15.8 Å². The second-order valence-electron chi connectivity index (χ2n) is 4.49. The maximum absolute atomic E-state index is 11.7. The lowest BCUT2D eigenvalue weighted by atomic mass is 10.2. The van der Waals surface area contributed by atoms with Crippen molar-refractivity contribution in [1.29, 1.82) is 0 Å². The molecule has 0 aliphatic heterocycles. The molecule has 0 saturated heterocycles. The summed E-state index contributed by atoms with van der Waals surface area (Å²) < 4.78 is 21.5. The quantitative estimate of drug-likeness (QED) is 0.634. The van der Waals surface area contributed by atoms with Crippen LogP contribution < -0.4 is 4.74 Å². The van der Waals surface area contributed by atoms with Crippen LogP contribution in [-0.2, 0) is 11.4 Å². The van der Waals surface area contributed by atoms with E-state index >= 15 is 0 Å². The van der Waals surface area contributed by atoms with E-state index in [9.17, 15) is 4.55 Å². The van der Waals surface area contributed by atoms with Crippen molar-refractivity contribution in [3.05, 3.63) is 28.2 Å². The molecule has 0 saturated carbocycles. The number of hydrogen-bond acceptors (Lipinski definition) is 3. The summed E-state index contributed by atoms with van der Waals surface area (Å²) in [6.07, 6.45) is 1.61. The van der Waals surface area contributed by atoms with Crippen LogP contribution in [0.3, 0.4) is 0 Å². The van der Waals surface area contributed by atoms with Crippen LogP contribution in [0.15, 0.2) is 27.1 Å². The van der Waals surface area contributed by atoms with Crippen molar-refractivity contribution < 1.29 is 9.29 Å². The van der Waals surface area contributed by atoms with E-state index in [4.69, 9.17) is 4.74 Å². The van der Waals surface area contributed by atoms with Crippen LogP contribution in [0.4, 0.5) is 0 Å². The number of methoxy groups -OCH3 is 1. The standard InChI is InChI=1S/C12H16BrNO2S/c1-12(2,3)17(15)14-8-9-5-6-10(13)11(7-9)16-4/h5-8H,1-4H3/b14-8+. The first-order valence-electron chi connectivity index (χ1n) is 5.14. The molecule has 0 aromatic heterocycles. The number of hydrogen-bond donors (Lipinski definition) is 0. The molecular formula is C12H16BrNO2S. The molecule has 0 bridgehead atoms. The van der Waals surface area contributed by atoms with Crippen LogP contribution in [0, 0.1) is 0 Å². The van der Waals surface area contributed by atoms with Crippen LogP contribution >= 0.6 is 15.9 Å². The Bertz CT molecular complexity index is 415. The fourth-order valence-electron chi connectivity index (χ4n) is 1.02. The number of halogens is 1. The topological polar surface area (TPSA) is 44.6 Å². The van der Waals surface area contributed by atoms with E-state index in [-0.39, 0.29) is 4.75 Å². The number of benzene rings is 1. The molecule has 17 heavy (non-hydrogen) atoms. The smallest absolute Gasteiger partial charge is 0.144 e. The van der Waals surface area contributed by atoms with Crippen LogP contribution in [-0.4, -0.2) is 22.6 Å². The maximum Gasteiger partial charge on any atom is 0.144 e. The Kier molecular flexibility index (Phi) is 5.04. The minimum Gasteiger partial charge on any atom is -0.591 e. The van der Waals surface area contributed by atoms with Gasteiger partial charge in [0.2, 0.25) is 0 Å². The lowest BCUT2D eigenvalue weighted by Crippen LogP contribution is -2.25. The van der Waals surface area contributed by atoms with Gasteiger partial charge in [-0.15, -0.1) is 0 Å². The summed E-state index contributed by atoms with van der Waals surface area (Å²) in [6.45, 7) is 5.67. The van der Waals surface area contributed by atoms with Crippen LogP contribution in [0.2, 0.25) is 0 Å². The van der Waals surface area contributed by atoms with E-state index < -0.39 is 11.4 Å². The van der Waals surface area contributed by atoms with Gasteiger partial charge in [-0.3, -0.25) is 0 Å². The summed E-state index contributed by atoms with van der Waals surface area (Å²) in [7, 11) is 1.61. The molecule has 5 heteroatoms. The van der Waals surface area contributed by atoms with Gasteiger partial charge < -0.3 is 9.29 Å². The molecule has 0 amide bonds. The van der Waals surface area contributed by atoms with Gasteiger partial charge in [-0.05, 0) is 48.8 Å². The number of ether oxygens (including phenoxy) is 1. The van der Waals surface area contributed by atoms with Gasteiger partial charge in [0.25, 0.3) is 0 Å². The molecule has 0 fully saturated rings. The SMILES string of the molecule is COc1cc(/C=N/[S+]([O-])C(C)(C)C)ccc1Br. The monoisotopic (exact) mass is 317 g/mol. The van der Waals surface area contributed by atoms with Gasteiger partial charge in [0.1, 0.15) is 21.9 Å². The lowest BCUT2D eigenvalue weighted by Gasteiger charge is -2.17. The summed E-state index contributed by atoms with van der Waals surface area (Å²) in [6, 6.07) is 5.60. The first-order chi connectivity index (χ1) is 7.84. The van der Waals surface area contributed by atoms with Gasteiger partial charge in [-0.2, -0.15) is 0 Å². The van der Waals surface area contributed by atoms with Crippen molar-refractivity contribution in [2.24, 2.45) is 4.40 Å². The zero-order valence-electron chi connectivity index (χ0n) is 10.4. The van der Waals surface area contributed by atoms with Crippen LogP contribution in [0.5, 0.6) is 5.75 Å². The number of rotatable bonds is 3. The van der Waals surface area contributed by atoms with Crippen molar-refractivity contribution in [3.63, 3.8) is 0 Å². The van der Waals surface area contributed by atoms with Gasteiger partial charge in [-0.25, -0.2) is 0 Å². The molecule has 0 N–H and O–H groups in total. The highest BCUT2D eigenvalue weighted by atomic mass is 79.9. The summed E-state index contributed by atoms with van der Waals surface area (Å²) in [4.78, 5) is 0. The molecule has 0 aliphatic rings. The molecule has 94 valence electrons. The Morgan fingerprint density at radius 1 is 1.41 bits per heavy atom. The van der Waals surface area contributed by atoms with E-state index in [1.165, 1.54) is 0 Å². The third-order valence-electron chi connectivity index (χ3n) is 2.00. The van der Waals surface area contributed by atoms with Crippen LogP contribution in [0.1, 0.15) is 26.3 Å². The second-order valence-corrected chi connectivity index (χ2v) is 7.28. The lowest BCUT2D eigenvalue weighted by molar-refractivity contribution is 0.412. The van der Waals surface area contributed by atoms with Gasteiger partial charge in [0, 0.05) is 5.56 Å². The third kappa shape index (κ3) is 4.33. The predicted molar refractivity (Wildman–Crippen MR) is 76.2 cm³/mol. The van der Waals surface area contributed by atoms with Crippen LogP contribution in [0.25, 0.3) is 0 Å². The largest absolute Gasteiger partial charge is 0.591 e. The third-order valence-corrected chi connectivity index (χ3v) is 4.00. The average Bonchev–Trinajstić information content (AvgIpc) is 2.26. The minimum atomic E-state index is -1.23. The first kappa shape index (κ1) is 14.5.